The first kappa shape index (κ1) is 23.6. The number of benzene rings is 2. The molecular weight excluding hydrogens is 457 g/mol. The summed E-state index contributed by atoms with van der Waals surface area (Å²) < 4.78 is 56.1. The second kappa shape index (κ2) is 9.13. The number of carbonyl (C=O) groups excluding carboxylic acids is 1. The van der Waals surface area contributed by atoms with Gasteiger partial charge in [-0.2, -0.15) is 13.2 Å². The molecule has 5 rings (SSSR count). The molecule has 1 atom stereocenters. The molecule has 2 aromatic carbocycles. The van der Waals surface area contributed by atoms with Crippen LogP contribution < -0.4 is 10.1 Å². The number of amides is 1. The second-order valence-electron chi connectivity index (χ2n) is 9.44. The van der Waals surface area contributed by atoms with Crippen molar-refractivity contribution in [3.63, 3.8) is 0 Å². The fourth-order valence-corrected chi connectivity index (χ4v) is 4.83. The fraction of sp³-hybridized carbons (Fsp3) is 0.444. The Kier molecular flexibility index (Phi) is 6.15. The van der Waals surface area contributed by atoms with Crippen LogP contribution in [0.2, 0.25) is 0 Å². The van der Waals surface area contributed by atoms with Crippen molar-refractivity contribution in [2.24, 2.45) is 5.92 Å². The number of alkyl halides is 3. The molecular formula is C27H29F3N2O3. The Morgan fingerprint density at radius 2 is 1.83 bits per heavy atom. The molecule has 2 fully saturated rings. The molecule has 0 bridgehead atoms. The van der Waals surface area contributed by atoms with E-state index in [9.17, 15) is 18.0 Å². The summed E-state index contributed by atoms with van der Waals surface area (Å²) in [5.41, 5.74) is 0.967. The zero-order valence-corrected chi connectivity index (χ0v) is 19.8. The smallest absolute Gasteiger partial charge is 0.419 e. The van der Waals surface area contributed by atoms with Crippen LogP contribution in [0.25, 0.3) is 22.2 Å². The Hall–Kier alpha value is -3.16. The maximum absolute atomic E-state index is 14.4. The van der Waals surface area contributed by atoms with Crippen molar-refractivity contribution >= 4 is 22.7 Å². The molecule has 8 heteroatoms. The van der Waals surface area contributed by atoms with Gasteiger partial charge in [-0.05, 0) is 81.7 Å². The van der Waals surface area contributed by atoms with E-state index >= 15 is 0 Å². The predicted octanol–water partition coefficient (Wildman–Crippen LogP) is 7.80. The van der Waals surface area contributed by atoms with Gasteiger partial charge in [0, 0.05) is 23.2 Å². The largest absolute Gasteiger partial charge is 0.494 e. The first-order chi connectivity index (χ1) is 16.8. The molecule has 1 aromatic heterocycles. The summed E-state index contributed by atoms with van der Waals surface area (Å²) in [6, 6.07) is 11.3. The third-order valence-corrected chi connectivity index (χ3v) is 6.99. The lowest BCUT2D eigenvalue weighted by Gasteiger charge is -2.30. The van der Waals surface area contributed by atoms with E-state index in [-0.39, 0.29) is 23.2 Å². The summed E-state index contributed by atoms with van der Waals surface area (Å²) >= 11 is 0. The van der Waals surface area contributed by atoms with E-state index < -0.39 is 17.8 Å². The lowest BCUT2D eigenvalue weighted by Crippen LogP contribution is -2.21. The molecule has 186 valence electrons. The number of carbonyl (C=O) groups is 1. The number of nitrogens with one attached hydrogen (secondary N) is 1. The van der Waals surface area contributed by atoms with Crippen LogP contribution in [-0.2, 0) is 10.9 Å². The van der Waals surface area contributed by atoms with Gasteiger partial charge in [-0.25, -0.2) is 4.79 Å². The highest BCUT2D eigenvalue weighted by atomic mass is 19.4. The van der Waals surface area contributed by atoms with E-state index in [0.29, 0.717) is 35.0 Å². The third kappa shape index (κ3) is 4.70. The van der Waals surface area contributed by atoms with Crippen LogP contribution in [-0.4, -0.2) is 23.4 Å². The van der Waals surface area contributed by atoms with Crippen LogP contribution in [0.5, 0.6) is 5.75 Å². The van der Waals surface area contributed by atoms with Gasteiger partial charge < -0.3 is 14.0 Å². The van der Waals surface area contributed by atoms with Gasteiger partial charge in [0.15, 0.2) is 0 Å². The minimum atomic E-state index is -4.53. The number of anilines is 1. The maximum atomic E-state index is 14.4. The van der Waals surface area contributed by atoms with Crippen molar-refractivity contribution in [2.45, 2.75) is 64.3 Å². The molecule has 5 nitrogen and oxygen atoms in total. The van der Waals surface area contributed by atoms with Gasteiger partial charge in [0.2, 0.25) is 0 Å². The highest BCUT2D eigenvalue weighted by molar-refractivity contribution is 5.94. The monoisotopic (exact) mass is 486 g/mol. The average Bonchev–Trinajstić information content (AvgIpc) is 3.56. The summed E-state index contributed by atoms with van der Waals surface area (Å²) in [6.07, 6.45) is -0.466. The van der Waals surface area contributed by atoms with Crippen LogP contribution in [0.15, 0.2) is 42.5 Å². The molecule has 2 aliphatic carbocycles. The van der Waals surface area contributed by atoms with Gasteiger partial charge in [-0.1, -0.05) is 12.1 Å². The topological polar surface area (TPSA) is 52.5 Å². The first-order valence-corrected chi connectivity index (χ1v) is 12.2. The number of rotatable bonds is 7. The molecule has 1 amide bonds. The molecule has 1 heterocycles. The number of ether oxygens (including phenoxy) is 2. The summed E-state index contributed by atoms with van der Waals surface area (Å²) in [5, 5.41) is 2.85. The average molecular weight is 487 g/mol. The SMILES string of the molecule is CCOc1ccc2c(C(F)(F)F)c(-c3ccc(NC(=O)OC(C)C4CC4)cc3)n(C3CCC3)c2c1. The van der Waals surface area contributed by atoms with Gasteiger partial charge in [0.25, 0.3) is 0 Å². The van der Waals surface area contributed by atoms with Gasteiger partial charge >= 0.3 is 12.3 Å². The van der Waals surface area contributed by atoms with Gasteiger partial charge in [0.05, 0.1) is 23.4 Å². The van der Waals surface area contributed by atoms with Crippen molar-refractivity contribution in [1.29, 1.82) is 0 Å². The van der Waals surface area contributed by atoms with Crippen molar-refractivity contribution < 1.29 is 27.4 Å². The number of halogens is 3. The summed E-state index contributed by atoms with van der Waals surface area (Å²) in [4.78, 5) is 12.2. The fourth-order valence-electron chi connectivity index (χ4n) is 4.83. The lowest BCUT2D eigenvalue weighted by atomic mass is 9.92. The summed E-state index contributed by atoms with van der Waals surface area (Å²) in [6.45, 7) is 4.15. The van der Waals surface area contributed by atoms with Gasteiger partial charge in [-0.15, -0.1) is 0 Å². The molecule has 3 aromatic rings. The summed E-state index contributed by atoms with van der Waals surface area (Å²) in [5.74, 6) is 0.970. The Bertz CT molecular complexity index is 1230. The molecule has 0 saturated heterocycles. The van der Waals surface area contributed by atoms with Crippen LogP contribution in [0.1, 0.15) is 57.6 Å². The van der Waals surface area contributed by atoms with E-state index in [4.69, 9.17) is 9.47 Å². The highest BCUT2D eigenvalue weighted by Gasteiger charge is 2.41. The van der Waals surface area contributed by atoms with E-state index in [0.717, 1.165) is 32.1 Å². The molecule has 1 N–H and O–H groups in total. The zero-order valence-electron chi connectivity index (χ0n) is 19.8. The van der Waals surface area contributed by atoms with Crippen molar-refractivity contribution in [1.82, 2.24) is 4.57 Å². The van der Waals surface area contributed by atoms with E-state index in [1.807, 2.05) is 18.4 Å². The number of hydrogen-bond donors (Lipinski definition) is 1. The van der Waals surface area contributed by atoms with Crippen LogP contribution in [0, 0.1) is 5.92 Å². The molecule has 0 radical (unpaired) electrons. The standard InChI is InChI=1S/C27H29F3N2O3/c1-3-34-21-13-14-22-23(15-21)32(20-5-4-6-20)25(24(22)27(28,29)30)18-9-11-19(12-10-18)31-26(33)35-16(2)17-7-8-17/h9-17,20H,3-8H2,1-2H3,(H,31,33). The predicted molar refractivity (Wildman–Crippen MR) is 129 cm³/mol. The summed E-state index contributed by atoms with van der Waals surface area (Å²) in [7, 11) is 0. The van der Waals surface area contributed by atoms with Crippen LogP contribution in [0.4, 0.5) is 23.7 Å². The Labute approximate surface area is 202 Å². The Morgan fingerprint density at radius 1 is 1.11 bits per heavy atom. The molecule has 0 aliphatic heterocycles. The van der Waals surface area contributed by atoms with E-state index in [1.54, 1.807) is 36.4 Å². The maximum Gasteiger partial charge on any atom is 0.419 e. The van der Waals surface area contributed by atoms with E-state index in [2.05, 4.69) is 5.32 Å². The van der Waals surface area contributed by atoms with Crippen LogP contribution in [0.3, 0.4) is 0 Å². The first-order valence-electron chi connectivity index (χ1n) is 12.2. The minimum Gasteiger partial charge on any atom is -0.494 e. The van der Waals surface area contributed by atoms with Crippen molar-refractivity contribution in [3.8, 4) is 17.0 Å². The number of fused-ring (bicyclic) bond motifs is 1. The second-order valence-corrected chi connectivity index (χ2v) is 9.44. The molecule has 2 aliphatic rings. The third-order valence-electron chi connectivity index (χ3n) is 6.99. The zero-order chi connectivity index (χ0) is 24.7. The van der Waals surface area contributed by atoms with Gasteiger partial charge in [0.1, 0.15) is 11.9 Å². The van der Waals surface area contributed by atoms with Crippen molar-refractivity contribution in [3.05, 3.63) is 48.0 Å². The number of aromatic nitrogens is 1. The van der Waals surface area contributed by atoms with Crippen LogP contribution >= 0.6 is 0 Å². The lowest BCUT2D eigenvalue weighted by molar-refractivity contribution is -0.135. The molecule has 0 spiro atoms. The number of hydrogen-bond acceptors (Lipinski definition) is 3. The highest BCUT2D eigenvalue weighted by Crippen LogP contribution is 2.48. The quantitative estimate of drug-likeness (QED) is 0.371. The molecule has 2 saturated carbocycles. The van der Waals surface area contributed by atoms with Gasteiger partial charge in [-0.3, -0.25) is 5.32 Å². The normalized spacial score (nSPS) is 17.2. The van der Waals surface area contributed by atoms with Crippen molar-refractivity contribution in [2.75, 3.05) is 11.9 Å². The number of nitrogens with zero attached hydrogens (tertiary/aromatic N) is 1. The molecule has 1 unspecified atom stereocenters. The Morgan fingerprint density at radius 3 is 2.40 bits per heavy atom. The minimum absolute atomic E-state index is 0.00262. The Balaban J connectivity index is 1.53. The molecule has 35 heavy (non-hydrogen) atoms. The van der Waals surface area contributed by atoms with E-state index in [1.165, 1.54) is 6.07 Å².